The van der Waals surface area contributed by atoms with Gasteiger partial charge in [0.2, 0.25) is 11.8 Å². The van der Waals surface area contributed by atoms with E-state index in [0.717, 1.165) is 0 Å². The molecule has 18 heavy (non-hydrogen) atoms. The number of rotatable bonds is 2. The molecule has 2 saturated heterocycles. The first-order chi connectivity index (χ1) is 8.35. The van der Waals surface area contributed by atoms with E-state index in [1.54, 1.807) is 6.92 Å². The number of nitrogens with zero attached hydrogens (tertiary/aromatic N) is 2. The van der Waals surface area contributed by atoms with Crippen molar-refractivity contribution in [1.29, 1.82) is 0 Å². The van der Waals surface area contributed by atoms with Crippen molar-refractivity contribution >= 4 is 11.8 Å². The van der Waals surface area contributed by atoms with E-state index >= 15 is 0 Å². The van der Waals surface area contributed by atoms with Gasteiger partial charge in [-0.2, -0.15) is 13.2 Å². The summed E-state index contributed by atoms with van der Waals surface area (Å²) in [6.45, 7) is 0.766. The zero-order valence-corrected chi connectivity index (χ0v) is 10.0. The van der Waals surface area contributed by atoms with E-state index in [0.29, 0.717) is 24.3 Å². The van der Waals surface area contributed by atoms with Crippen LogP contribution >= 0.6 is 0 Å². The molecule has 0 N–H and O–H groups in total. The Labute approximate surface area is 103 Å². The Bertz CT molecular complexity index is 370. The first-order valence-corrected chi connectivity index (χ1v) is 6.03. The van der Waals surface area contributed by atoms with Crippen LogP contribution in [0.25, 0.3) is 0 Å². The number of piperazine rings is 1. The van der Waals surface area contributed by atoms with Gasteiger partial charge >= 0.3 is 6.18 Å². The molecule has 0 aromatic rings. The summed E-state index contributed by atoms with van der Waals surface area (Å²) in [6.07, 6.45) is -3.11. The molecule has 102 valence electrons. The number of carbonyl (C=O) groups is 2. The van der Waals surface area contributed by atoms with Gasteiger partial charge in [0.25, 0.3) is 0 Å². The van der Waals surface area contributed by atoms with Crippen molar-refractivity contribution in [1.82, 2.24) is 9.80 Å². The first kappa shape index (κ1) is 13.2. The van der Waals surface area contributed by atoms with Crippen LogP contribution in [0.3, 0.4) is 0 Å². The largest absolute Gasteiger partial charge is 0.406 e. The monoisotopic (exact) mass is 264 g/mol. The third-order valence-corrected chi connectivity index (χ3v) is 3.50. The van der Waals surface area contributed by atoms with Crippen molar-refractivity contribution in [3.63, 3.8) is 0 Å². The minimum atomic E-state index is -4.47. The van der Waals surface area contributed by atoms with Crippen LogP contribution in [0.15, 0.2) is 0 Å². The van der Waals surface area contributed by atoms with Gasteiger partial charge in [0.15, 0.2) is 0 Å². The van der Waals surface area contributed by atoms with Crippen molar-refractivity contribution in [2.45, 2.75) is 44.4 Å². The molecule has 2 heterocycles. The van der Waals surface area contributed by atoms with Gasteiger partial charge in [0.05, 0.1) is 0 Å². The van der Waals surface area contributed by atoms with E-state index in [1.165, 1.54) is 4.90 Å². The molecule has 0 spiro atoms. The van der Waals surface area contributed by atoms with E-state index in [4.69, 9.17) is 0 Å². The predicted octanol–water partition coefficient (Wildman–Crippen LogP) is 1.16. The Kier molecular flexibility index (Phi) is 3.25. The van der Waals surface area contributed by atoms with Crippen molar-refractivity contribution in [2.75, 3.05) is 13.1 Å². The lowest BCUT2D eigenvalue weighted by atomic mass is 10.0. The topological polar surface area (TPSA) is 40.6 Å². The van der Waals surface area contributed by atoms with Crippen molar-refractivity contribution in [2.24, 2.45) is 0 Å². The van der Waals surface area contributed by atoms with E-state index in [-0.39, 0.29) is 12.3 Å². The molecular weight excluding hydrogens is 249 g/mol. The molecular formula is C11H15F3N2O2. The van der Waals surface area contributed by atoms with E-state index in [9.17, 15) is 22.8 Å². The Morgan fingerprint density at radius 3 is 2.50 bits per heavy atom. The lowest BCUT2D eigenvalue weighted by Crippen LogP contribution is -2.64. The van der Waals surface area contributed by atoms with Crippen LogP contribution in [-0.4, -0.2) is 53.0 Å². The molecule has 2 aliphatic heterocycles. The number of carbonyl (C=O) groups excluding carboxylic acids is 2. The molecule has 2 amide bonds. The minimum Gasteiger partial charge on any atom is -0.329 e. The van der Waals surface area contributed by atoms with E-state index < -0.39 is 30.7 Å². The van der Waals surface area contributed by atoms with Crippen LogP contribution in [0.2, 0.25) is 0 Å². The highest BCUT2D eigenvalue weighted by Gasteiger charge is 2.49. The summed E-state index contributed by atoms with van der Waals surface area (Å²) in [6, 6.07) is -1.64. The molecule has 2 fully saturated rings. The molecule has 2 atom stereocenters. The molecule has 0 bridgehead atoms. The minimum absolute atomic E-state index is 0.212. The van der Waals surface area contributed by atoms with Gasteiger partial charge in [0, 0.05) is 6.54 Å². The highest BCUT2D eigenvalue weighted by atomic mass is 19.4. The van der Waals surface area contributed by atoms with Gasteiger partial charge in [-0.05, 0) is 19.3 Å². The Hall–Kier alpha value is -1.27. The van der Waals surface area contributed by atoms with Crippen molar-refractivity contribution < 1.29 is 22.8 Å². The summed E-state index contributed by atoms with van der Waals surface area (Å²) in [4.78, 5) is 26.2. The molecule has 0 saturated carbocycles. The Morgan fingerprint density at radius 2 is 1.94 bits per heavy atom. The van der Waals surface area contributed by atoms with E-state index in [1.807, 2.05) is 0 Å². The van der Waals surface area contributed by atoms with Crippen LogP contribution in [0.1, 0.15) is 26.2 Å². The molecule has 0 aliphatic carbocycles. The Balaban J connectivity index is 2.25. The molecule has 4 nitrogen and oxygen atoms in total. The summed E-state index contributed by atoms with van der Waals surface area (Å²) >= 11 is 0. The van der Waals surface area contributed by atoms with Gasteiger partial charge < -0.3 is 9.80 Å². The number of hydrogen-bond donors (Lipinski definition) is 0. The molecule has 7 heteroatoms. The lowest BCUT2D eigenvalue weighted by molar-refractivity contribution is -0.180. The average molecular weight is 264 g/mol. The summed E-state index contributed by atoms with van der Waals surface area (Å²) in [5.74, 6) is -0.903. The SMILES string of the molecule is CCC1C(=O)N2CCCC2C(=O)N1CC(F)(F)F. The summed E-state index contributed by atoms with van der Waals surface area (Å²) < 4.78 is 37.4. The smallest absolute Gasteiger partial charge is 0.329 e. The number of alkyl halides is 3. The van der Waals surface area contributed by atoms with Crippen LogP contribution in [-0.2, 0) is 9.59 Å². The second kappa shape index (κ2) is 4.44. The van der Waals surface area contributed by atoms with Gasteiger partial charge in [-0.25, -0.2) is 0 Å². The third kappa shape index (κ3) is 2.18. The van der Waals surface area contributed by atoms with Gasteiger partial charge in [-0.3, -0.25) is 9.59 Å². The fourth-order valence-corrected chi connectivity index (χ4v) is 2.73. The maximum atomic E-state index is 12.5. The molecule has 0 aromatic heterocycles. The highest BCUT2D eigenvalue weighted by molar-refractivity contribution is 5.97. The second-order valence-electron chi connectivity index (χ2n) is 4.70. The maximum Gasteiger partial charge on any atom is 0.406 e. The molecule has 2 rings (SSSR count). The van der Waals surface area contributed by atoms with Crippen LogP contribution in [0.4, 0.5) is 13.2 Å². The number of halogens is 3. The van der Waals surface area contributed by atoms with Crippen molar-refractivity contribution in [3.8, 4) is 0 Å². The van der Waals surface area contributed by atoms with Crippen LogP contribution < -0.4 is 0 Å². The fraction of sp³-hybridized carbons (Fsp3) is 0.818. The molecule has 2 aliphatic rings. The lowest BCUT2D eigenvalue weighted by Gasteiger charge is -2.42. The molecule has 0 radical (unpaired) electrons. The number of fused-ring (bicyclic) bond motifs is 1. The first-order valence-electron chi connectivity index (χ1n) is 6.03. The summed E-state index contributed by atoms with van der Waals surface area (Å²) in [7, 11) is 0. The average Bonchev–Trinajstić information content (AvgIpc) is 2.73. The molecule has 0 aromatic carbocycles. The van der Waals surface area contributed by atoms with Gasteiger partial charge in [-0.15, -0.1) is 0 Å². The van der Waals surface area contributed by atoms with E-state index in [2.05, 4.69) is 0 Å². The fourth-order valence-electron chi connectivity index (χ4n) is 2.73. The highest BCUT2D eigenvalue weighted by Crippen LogP contribution is 2.30. The third-order valence-electron chi connectivity index (χ3n) is 3.50. The normalized spacial score (nSPS) is 28.9. The Morgan fingerprint density at radius 1 is 1.28 bits per heavy atom. The number of hydrogen-bond acceptors (Lipinski definition) is 2. The standard InChI is InChI=1S/C11H15F3N2O2/c1-2-7-9(17)15-5-3-4-8(15)10(18)16(7)6-11(12,13)14/h7-8H,2-6H2,1H3. The molecule has 2 unspecified atom stereocenters. The van der Waals surface area contributed by atoms with Gasteiger partial charge in [-0.1, -0.05) is 6.92 Å². The van der Waals surface area contributed by atoms with Crippen LogP contribution in [0.5, 0.6) is 0 Å². The zero-order valence-electron chi connectivity index (χ0n) is 10.0. The predicted molar refractivity (Wildman–Crippen MR) is 56.6 cm³/mol. The number of amides is 2. The second-order valence-corrected chi connectivity index (χ2v) is 4.70. The summed E-state index contributed by atoms with van der Waals surface area (Å²) in [5.41, 5.74) is 0. The quantitative estimate of drug-likeness (QED) is 0.751. The van der Waals surface area contributed by atoms with Crippen molar-refractivity contribution in [3.05, 3.63) is 0 Å². The maximum absolute atomic E-state index is 12.5. The zero-order chi connectivity index (χ0) is 13.5. The summed E-state index contributed by atoms with van der Waals surface area (Å²) in [5, 5.41) is 0. The van der Waals surface area contributed by atoms with Crippen LogP contribution in [0, 0.1) is 0 Å². The van der Waals surface area contributed by atoms with Gasteiger partial charge in [0.1, 0.15) is 18.6 Å².